The summed E-state index contributed by atoms with van der Waals surface area (Å²) in [5, 5.41) is 8.48. The number of thiazole rings is 1. The Morgan fingerprint density at radius 1 is 1.06 bits per heavy atom. The van der Waals surface area contributed by atoms with E-state index in [-0.39, 0.29) is 17.5 Å². The lowest BCUT2D eigenvalue weighted by Crippen LogP contribution is -2.36. The predicted octanol–water partition coefficient (Wildman–Crippen LogP) is 3.34. The van der Waals surface area contributed by atoms with Crippen LogP contribution in [0.4, 0.5) is 10.8 Å². The van der Waals surface area contributed by atoms with Crippen molar-refractivity contribution >= 4 is 44.7 Å². The molecule has 0 saturated heterocycles. The number of fused-ring (bicyclic) bond motifs is 2. The molecule has 0 saturated carbocycles. The zero-order valence-corrected chi connectivity index (χ0v) is 17.9. The summed E-state index contributed by atoms with van der Waals surface area (Å²) < 4.78 is 0. The number of carbonyl (C=O) groups is 2. The topological polar surface area (TPSA) is 100 Å². The summed E-state index contributed by atoms with van der Waals surface area (Å²) in [6.45, 7) is 1.65. The number of carbonyl (C=O) groups excluding carboxylic acids is 2. The Hall–Kier alpha value is -3.69. The molecule has 0 aliphatic carbocycles. The van der Waals surface area contributed by atoms with Gasteiger partial charge in [0.05, 0.1) is 18.4 Å². The highest BCUT2D eigenvalue weighted by Crippen LogP contribution is 2.29. The van der Waals surface area contributed by atoms with E-state index in [2.05, 4.69) is 30.5 Å². The molecule has 0 atom stereocenters. The van der Waals surface area contributed by atoms with Crippen LogP contribution in [0.25, 0.3) is 10.8 Å². The van der Waals surface area contributed by atoms with Crippen LogP contribution in [0, 0.1) is 0 Å². The van der Waals surface area contributed by atoms with Crippen LogP contribution in [0.1, 0.15) is 21.1 Å². The van der Waals surface area contributed by atoms with E-state index in [1.165, 1.54) is 29.9 Å². The first-order valence-corrected chi connectivity index (χ1v) is 11.0. The Morgan fingerprint density at radius 2 is 1.94 bits per heavy atom. The quantitative estimate of drug-likeness (QED) is 0.490. The van der Waals surface area contributed by atoms with Crippen molar-refractivity contribution in [1.82, 2.24) is 19.9 Å². The van der Waals surface area contributed by atoms with Gasteiger partial charge in [0.25, 0.3) is 5.91 Å². The van der Waals surface area contributed by atoms with Crippen LogP contribution in [-0.4, -0.2) is 44.8 Å². The maximum atomic E-state index is 12.7. The van der Waals surface area contributed by atoms with E-state index in [1.807, 2.05) is 42.5 Å². The molecule has 0 fully saturated rings. The van der Waals surface area contributed by atoms with Crippen LogP contribution in [0.15, 0.2) is 61.1 Å². The van der Waals surface area contributed by atoms with Crippen molar-refractivity contribution in [2.24, 2.45) is 0 Å². The number of anilines is 2. The molecule has 2 aromatic heterocycles. The zero-order chi connectivity index (χ0) is 21.9. The highest BCUT2D eigenvalue weighted by atomic mass is 32.1. The second-order valence-corrected chi connectivity index (χ2v) is 8.55. The summed E-state index contributed by atoms with van der Waals surface area (Å²) in [7, 11) is 0. The molecule has 1 aliphatic heterocycles. The first-order valence-electron chi connectivity index (χ1n) is 10.2. The second-order valence-electron chi connectivity index (χ2n) is 7.47. The lowest BCUT2D eigenvalue weighted by atomic mass is 10.1. The van der Waals surface area contributed by atoms with Crippen molar-refractivity contribution in [1.29, 1.82) is 0 Å². The molecule has 1 aliphatic rings. The fourth-order valence-corrected chi connectivity index (χ4v) is 4.79. The Morgan fingerprint density at radius 3 is 2.81 bits per heavy atom. The molecule has 2 amide bonds. The number of rotatable bonds is 5. The average Bonchev–Trinajstić information content (AvgIpc) is 3.21. The molecule has 0 radical (unpaired) electrons. The summed E-state index contributed by atoms with van der Waals surface area (Å²) in [6.07, 6.45) is 5.14. The monoisotopic (exact) mass is 444 g/mol. The van der Waals surface area contributed by atoms with E-state index in [0.717, 1.165) is 40.0 Å². The molecule has 2 N–H and O–H groups in total. The fourth-order valence-electron chi connectivity index (χ4n) is 3.74. The molecule has 0 spiro atoms. The van der Waals surface area contributed by atoms with Crippen molar-refractivity contribution in [2.75, 3.05) is 23.7 Å². The smallest absolute Gasteiger partial charge is 0.277 e. The van der Waals surface area contributed by atoms with Gasteiger partial charge in [0.15, 0.2) is 5.13 Å². The van der Waals surface area contributed by atoms with E-state index in [0.29, 0.717) is 18.2 Å². The minimum atomic E-state index is -0.337. The van der Waals surface area contributed by atoms with E-state index in [4.69, 9.17) is 0 Å². The Kier molecular flexibility index (Phi) is 5.57. The lowest BCUT2D eigenvalue weighted by molar-refractivity contribution is -0.117. The van der Waals surface area contributed by atoms with Gasteiger partial charge in [-0.2, -0.15) is 0 Å². The molecule has 0 bridgehead atoms. The summed E-state index contributed by atoms with van der Waals surface area (Å²) in [4.78, 5) is 40.6. The van der Waals surface area contributed by atoms with Gasteiger partial charge < -0.3 is 5.32 Å². The minimum absolute atomic E-state index is 0.0505. The molecular weight excluding hydrogens is 424 g/mol. The molecule has 9 heteroatoms. The number of hydrogen-bond acceptors (Lipinski definition) is 7. The molecule has 0 unspecified atom stereocenters. The van der Waals surface area contributed by atoms with Crippen molar-refractivity contribution in [2.45, 2.75) is 13.0 Å². The average molecular weight is 445 g/mol. The highest BCUT2D eigenvalue weighted by molar-refractivity contribution is 7.15. The maximum Gasteiger partial charge on any atom is 0.277 e. The van der Waals surface area contributed by atoms with Crippen LogP contribution < -0.4 is 10.6 Å². The number of hydrogen-bond donors (Lipinski definition) is 2. The van der Waals surface area contributed by atoms with Crippen LogP contribution >= 0.6 is 11.3 Å². The number of nitrogens with zero attached hydrogens (tertiary/aromatic N) is 4. The molecule has 160 valence electrons. The lowest BCUT2D eigenvalue weighted by Gasteiger charge is -2.25. The predicted molar refractivity (Wildman–Crippen MR) is 124 cm³/mol. The maximum absolute atomic E-state index is 12.7. The molecule has 5 rings (SSSR count). The molecule has 4 aromatic rings. The van der Waals surface area contributed by atoms with Crippen LogP contribution in [0.5, 0.6) is 0 Å². The van der Waals surface area contributed by atoms with Crippen LogP contribution in [0.2, 0.25) is 0 Å². The van der Waals surface area contributed by atoms with Gasteiger partial charge in [-0.3, -0.25) is 24.8 Å². The second kappa shape index (κ2) is 8.81. The van der Waals surface area contributed by atoms with E-state index in [1.54, 1.807) is 0 Å². The first-order chi connectivity index (χ1) is 15.7. The van der Waals surface area contributed by atoms with Crippen LogP contribution in [-0.2, 0) is 17.8 Å². The highest BCUT2D eigenvalue weighted by Gasteiger charge is 2.23. The van der Waals surface area contributed by atoms with Crippen molar-refractivity contribution in [3.63, 3.8) is 0 Å². The SMILES string of the molecule is O=C(CN1CCc2nc(NC(=O)c3cnccn3)sc2C1)Nc1cccc2ccccc12. The van der Waals surface area contributed by atoms with E-state index >= 15 is 0 Å². The molecule has 32 heavy (non-hydrogen) atoms. The fraction of sp³-hybridized carbons (Fsp3) is 0.174. The standard InChI is InChI=1S/C23H20N6O2S/c30-21(26-17-7-3-5-15-4-1-2-6-16(15)17)14-29-11-8-18-20(13-29)32-23(27-18)28-22(31)19-12-24-9-10-25-19/h1-7,9-10,12H,8,11,13-14H2,(H,26,30)(H,27,28,31). The molecule has 2 aromatic carbocycles. The first kappa shape index (κ1) is 20.2. The molecular formula is C23H20N6O2S. The molecule has 3 heterocycles. The Bertz CT molecular complexity index is 1280. The zero-order valence-electron chi connectivity index (χ0n) is 17.1. The Balaban J connectivity index is 1.22. The van der Waals surface area contributed by atoms with Gasteiger partial charge in [-0.25, -0.2) is 9.97 Å². The van der Waals surface area contributed by atoms with Crippen molar-refractivity contribution < 1.29 is 9.59 Å². The van der Waals surface area contributed by atoms with Gasteiger partial charge in [-0.05, 0) is 11.5 Å². The third kappa shape index (κ3) is 4.34. The van der Waals surface area contributed by atoms with Gasteiger partial charge in [0, 0.05) is 47.9 Å². The summed E-state index contributed by atoms with van der Waals surface area (Å²) >= 11 is 1.43. The summed E-state index contributed by atoms with van der Waals surface area (Å²) in [5.41, 5.74) is 2.03. The minimum Gasteiger partial charge on any atom is -0.324 e. The largest absolute Gasteiger partial charge is 0.324 e. The van der Waals surface area contributed by atoms with Gasteiger partial charge in [-0.1, -0.05) is 36.4 Å². The van der Waals surface area contributed by atoms with Gasteiger partial charge in [-0.15, -0.1) is 11.3 Å². The third-order valence-electron chi connectivity index (χ3n) is 5.26. The normalized spacial score (nSPS) is 13.5. The van der Waals surface area contributed by atoms with Crippen molar-refractivity contribution in [3.8, 4) is 0 Å². The number of nitrogens with one attached hydrogen (secondary N) is 2. The van der Waals surface area contributed by atoms with Gasteiger partial charge in [0.2, 0.25) is 5.91 Å². The van der Waals surface area contributed by atoms with Gasteiger partial charge >= 0.3 is 0 Å². The third-order valence-corrected chi connectivity index (χ3v) is 6.26. The van der Waals surface area contributed by atoms with Gasteiger partial charge in [0.1, 0.15) is 5.69 Å². The summed E-state index contributed by atoms with van der Waals surface area (Å²) in [6, 6.07) is 13.9. The number of amides is 2. The van der Waals surface area contributed by atoms with Crippen LogP contribution in [0.3, 0.4) is 0 Å². The Labute approximate surface area is 188 Å². The van der Waals surface area contributed by atoms with E-state index < -0.39 is 0 Å². The van der Waals surface area contributed by atoms with Crippen molar-refractivity contribution in [3.05, 3.63) is 77.3 Å². The van der Waals surface area contributed by atoms with E-state index in [9.17, 15) is 9.59 Å². The number of aromatic nitrogens is 3. The number of benzene rings is 2. The summed E-state index contributed by atoms with van der Waals surface area (Å²) in [5.74, 6) is -0.388. The molecule has 8 nitrogen and oxygen atoms in total.